The van der Waals surface area contributed by atoms with Crippen LogP contribution in [-0.4, -0.2) is 41.7 Å². The first kappa shape index (κ1) is 16.2. The third-order valence-electron chi connectivity index (χ3n) is 3.78. The van der Waals surface area contributed by atoms with Gasteiger partial charge in [-0.1, -0.05) is 30.3 Å². The summed E-state index contributed by atoms with van der Waals surface area (Å²) in [5.41, 5.74) is 6.58. The lowest BCUT2D eigenvalue weighted by molar-refractivity contribution is -0.000461. The fourth-order valence-electron chi connectivity index (χ4n) is 2.52. The average Bonchev–Trinajstić information content (AvgIpc) is 2.61. The maximum Gasteiger partial charge on any atom is 0.275 e. The molecule has 1 aromatic carbocycles. The molecule has 0 aliphatic carbocycles. The van der Waals surface area contributed by atoms with Crippen LogP contribution in [0, 0.1) is 0 Å². The molecule has 1 aromatic heterocycles. The van der Waals surface area contributed by atoms with E-state index < -0.39 is 6.17 Å². The normalized spacial score (nSPS) is 17.5. The summed E-state index contributed by atoms with van der Waals surface area (Å²) in [5, 5.41) is 0. The molecule has 3 N–H and O–H groups in total. The van der Waals surface area contributed by atoms with E-state index in [9.17, 15) is 9.59 Å². The van der Waals surface area contributed by atoms with E-state index in [1.807, 2.05) is 30.3 Å². The van der Waals surface area contributed by atoms with Gasteiger partial charge in [-0.2, -0.15) is 0 Å². The molecule has 1 amide bonds. The van der Waals surface area contributed by atoms with Crippen LogP contribution in [0.1, 0.15) is 16.1 Å². The smallest absolute Gasteiger partial charge is 0.275 e. The lowest BCUT2D eigenvalue weighted by Crippen LogP contribution is -2.53. The fraction of sp³-hybridized carbons (Fsp3) is 0.294. The van der Waals surface area contributed by atoms with Gasteiger partial charge in [-0.15, -0.1) is 0 Å². The second-order valence-corrected chi connectivity index (χ2v) is 5.46. The van der Waals surface area contributed by atoms with E-state index in [1.165, 1.54) is 17.2 Å². The molecule has 7 nitrogen and oxygen atoms in total. The quantitative estimate of drug-likeness (QED) is 0.861. The molecule has 3 rings (SSSR count). The Labute approximate surface area is 139 Å². The number of nitrogens with one attached hydrogen (secondary N) is 1. The lowest BCUT2D eigenvalue weighted by atomic mass is 10.2. The number of aromatic nitrogens is 1. The summed E-state index contributed by atoms with van der Waals surface area (Å²) in [4.78, 5) is 29.2. The fourth-order valence-corrected chi connectivity index (χ4v) is 2.52. The second kappa shape index (κ2) is 7.29. The Bertz CT molecular complexity index is 760. The van der Waals surface area contributed by atoms with Crippen LogP contribution in [0.15, 0.2) is 47.4 Å². The van der Waals surface area contributed by atoms with E-state index in [0.717, 1.165) is 5.56 Å². The molecule has 1 fully saturated rings. The first-order valence-corrected chi connectivity index (χ1v) is 7.69. The van der Waals surface area contributed by atoms with E-state index in [1.54, 1.807) is 0 Å². The number of aromatic amines is 1. The topological polar surface area (TPSA) is 97.6 Å². The van der Waals surface area contributed by atoms with Crippen molar-refractivity contribution in [2.75, 3.05) is 19.8 Å². The molecule has 1 aliphatic heterocycles. The predicted octanol–water partition coefficient (Wildman–Crippen LogP) is 0.711. The largest absolute Gasteiger partial charge is 0.483 e. The zero-order valence-electron chi connectivity index (χ0n) is 13.1. The minimum absolute atomic E-state index is 0.00467. The van der Waals surface area contributed by atoms with Gasteiger partial charge in [0.1, 0.15) is 12.8 Å². The van der Waals surface area contributed by atoms with Crippen molar-refractivity contribution in [1.29, 1.82) is 0 Å². The van der Waals surface area contributed by atoms with Crippen LogP contribution < -0.4 is 15.9 Å². The summed E-state index contributed by atoms with van der Waals surface area (Å²) >= 11 is 0. The van der Waals surface area contributed by atoms with Crippen LogP contribution >= 0.6 is 0 Å². The number of amides is 1. The van der Waals surface area contributed by atoms with Crippen LogP contribution in [0.5, 0.6) is 5.75 Å². The molecule has 0 spiro atoms. The Morgan fingerprint density at radius 3 is 2.88 bits per heavy atom. The molecule has 0 bridgehead atoms. The highest BCUT2D eigenvalue weighted by Crippen LogP contribution is 2.16. The monoisotopic (exact) mass is 329 g/mol. The van der Waals surface area contributed by atoms with Crippen molar-refractivity contribution in [1.82, 2.24) is 9.88 Å². The molecule has 0 radical (unpaired) electrons. The van der Waals surface area contributed by atoms with E-state index >= 15 is 0 Å². The van der Waals surface area contributed by atoms with Gasteiger partial charge in [-0.25, -0.2) is 0 Å². The molecule has 1 saturated heterocycles. The SMILES string of the molecule is NC1COCCN1C(=O)c1[nH]ccc(=O)c1OCc1ccccc1. The van der Waals surface area contributed by atoms with E-state index in [-0.39, 0.29) is 36.0 Å². The maximum atomic E-state index is 12.7. The number of nitrogens with two attached hydrogens (primary N) is 1. The summed E-state index contributed by atoms with van der Waals surface area (Å²) in [7, 11) is 0. The number of carbonyl (C=O) groups excluding carboxylic acids is 1. The predicted molar refractivity (Wildman–Crippen MR) is 87.7 cm³/mol. The average molecular weight is 329 g/mol. The van der Waals surface area contributed by atoms with Crippen LogP contribution in [-0.2, 0) is 11.3 Å². The van der Waals surface area contributed by atoms with Crippen LogP contribution in [0.25, 0.3) is 0 Å². The molecule has 1 atom stereocenters. The molecule has 0 saturated carbocycles. The molecule has 1 aliphatic rings. The summed E-state index contributed by atoms with van der Waals surface area (Å²) in [6.45, 7) is 1.25. The van der Waals surface area contributed by atoms with E-state index in [4.69, 9.17) is 15.2 Å². The van der Waals surface area contributed by atoms with Crippen molar-refractivity contribution in [3.8, 4) is 5.75 Å². The van der Waals surface area contributed by atoms with Crippen molar-refractivity contribution in [2.24, 2.45) is 5.73 Å². The van der Waals surface area contributed by atoms with Crippen LogP contribution in [0.4, 0.5) is 0 Å². The zero-order chi connectivity index (χ0) is 16.9. The van der Waals surface area contributed by atoms with Gasteiger partial charge in [-0.05, 0) is 5.56 Å². The summed E-state index contributed by atoms with van der Waals surface area (Å²) in [6.07, 6.45) is 0.883. The third-order valence-corrected chi connectivity index (χ3v) is 3.78. The number of morpholine rings is 1. The van der Waals surface area contributed by atoms with Gasteiger partial charge >= 0.3 is 0 Å². The summed E-state index contributed by atoms with van der Waals surface area (Å²) in [6, 6.07) is 10.8. The van der Waals surface area contributed by atoms with Gasteiger partial charge < -0.3 is 25.1 Å². The zero-order valence-corrected chi connectivity index (χ0v) is 13.1. The Hall–Kier alpha value is -2.64. The van der Waals surface area contributed by atoms with Gasteiger partial charge in [0.05, 0.1) is 13.2 Å². The Morgan fingerprint density at radius 1 is 1.33 bits per heavy atom. The van der Waals surface area contributed by atoms with Crippen LogP contribution in [0.3, 0.4) is 0 Å². The highest BCUT2D eigenvalue weighted by atomic mass is 16.5. The molecular weight excluding hydrogens is 310 g/mol. The highest BCUT2D eigenvalue weighted by Gasteiger charge is 2.28. The number of hydrogen-bond donors (Lipinski definition) is 2. The number of benzene rings is 1. The summed E-state index contributed by atoms with van der Waals surface area (Å²) in [5.74, 6) is -0.364. The molecule has 24 heavy (non-hydrogen) atoms. The lowest BCUT2D eigenvalue weighted by Gasteiger charge is -2.33. The van der Waals surface area contributed by atoms with Crippen molar-refractivity contribution in [2.45, 2.75) is 12.8 Å². The third kappa shape index (κ3) is 3.47. The molecule has 126 valence electrons. The number of hydrogen-bond acceptors (Lipinski definition) is 5. The van der Waals surface area contributed by atoms with Gasteiger partial charge in [0.2, 0.25) is 5.43 Å². The Kier molecular flexibility index (Phi) is 4.93. The molecular formula is C17H19N3O4. The van der Waals surface area contributed by atoms with Crippen molar-refractivity contribution in [3.63, 3.8) is 0 Å². The number of nitrogens with zero attached hydrogens (tertiary/aromatic N) is 1. The Morgan fingerprint density at radius 2 is 2.12 bits per heavy atom. The number of H-pyrrole nitrogens is 1. The van der Waals surface area contributed by atoms with Gasteiger partial charge in [0, 0.05) is 18.8 Å². The minimum Gasteiger partial charge on any atom is -0.483 e. The minimum atomic E-state index is -0.545. The first-order chi connectivity index (χ1) is 11.7. The van der Waals surface area contributed by atoms with Crippen molar-refractivity contribution < 1.29 is 14.3 Å². The van der Waals surface area contributed by atoms with Crippen molar-refractivity contribution in [3.05, 3.63) is 64.1 Å². The Balaban J connectivity index is 1.84. The number of pyridine rings is 1. The maximum absolute atomic E-state index is 12.7. The van der Waals surface area contributed by atoms with Crippen molar-refractivity contribution >= 4 is 5.91 Å². The number of carbonyl (C=O) groups is 1. The second-order valence-electron chi connectivity index (χ2n) is 5.46. The van der Waals surface area contributed by atoms with E-state index in [0.29, 0.717) is 13.2 Å². The summed E-state index contributed by atoms with van der Waals surface area (Å²) < 4.78 is 10.9. The van der Waals surface area contributed by atoms with E-state index in [2.05, 4.69) is 4.98 Å². The molecule has 2 aromatic rings. The number of rotatable bonds is 4. The first-order valence-electron chi connectivity index (χ1n) is 7.69. The standard InChI is InChI=1S/C17H19N3O4/c18-14-11-23-9-8-20(14)17(22)15-16(13(21)6-7-19-15)24-10-12-4-2-1-3-5-12/h1-7,14H,8-11,18H2,(H,19,21). The molecule has 2 heterocycles. The van der Waals surface area contributed by atoms with Gasteiger partial charge in [-0.3, -0.25) is 9.59 Å². The highest BCUT2D eigenvalue weighted by molar-refractivity contribution is 5.95. The van der Waals surface area contributed by atoms with Gasteiger partial charge in [0.15, 0.2) is 11.4 Å². The van der Waals surface area contributed by atoms with Crippen LogP contribution in [0.2, 0.25) is 0 Å². The van der Waals surface area contributed by atoms with Gasteiger partial charge in [0.25, 0.3) is 5.91 Å². The number of ether oxygens (including phenoxy) is 2. The molecule has 1 unspecified atom stereocenters. The molecule has 7 heteroatoms.